The van der Waals surface area contributed by atoms with Crippen LogP contribution in [0.5, 0.6) is 0 Å². The van der Waals surface area contributed by atoms with Crippen LogP contribution in [0.2, 0.25) is 0 Å². The molecule has 100 valence electrons. The van der Waals surface area contributed by atoms with Gasteiger partial charge in [-0.05, 0) is 40.3 Å². The van der Waals surface area contributed by atoms with Gasteiger partial charge in [0.15, 0.2) is 0 Å². The smallest absolute Gasteiger partial charge is 0.188 e. The van der Waals surface area contributed by atoms with Crippen LogP contribution in [0.25, 0.3) is 5.69 Å². The van der Waals surface area contributed by atoms with E-state index in [1.165, 1.54) is 5.56 Å². The third-order valence-electron chi connectivity index (χ3n) is 2.70. The number of tetrazole rings is 1. The average Bonchev–Trinajstić information content (AvgIpc) is 2.95. The third kappa shape index (κ3) is 3.08. The van der Waals surface area contributed by atoms with E-state index < -0.39 is 0 Å². The maximum atomic E-state index is 4.08. The van der Waals surface area contributed by atoms with Crippen LogP contribution in [-0.4, -0.2) is 20.2 Å². The number of halogens is 1. The molecule has 0 spiro atoms. The van der Waals surface area contributed by atoms with E-state index >= 15 is 0 Å². The van der Waals surface area contributed by atoms with Crippen LogP contribution in [0, 0.1) is 0 Å². The van der Waals surface area contributed by atoms with Gasteiger partial charge in [-0.3, -0.25) is 0 Å². The van der Waals surface area contributed by atoms with E-state index in [1.54, 1.807) is 16.4 Å². The van der Waals surface area contributed by atoms with E-state index in [0.29, 0.717) is 0 Å². The summed E-state index contributed by atoms with van der Waals surface area (Å²) in [7, 11) is 0. The summed E-state index contributed by atoms with van der Waals surface area (Å²) in [6.07, 6.45) is 0. The van der Waals surface area contributed by atoms with Crippen molar-refractivity contribution in [1.29, 1.82) is 0 Å². The highest BCUT2D eigenvalue weighted by Gasteiger charge is 2.08. The first kappa shape index (κ1) is 13.3. The fourth-order valence-corrected chi connectivity index (χ4v) is 3.06. The molecule has 3 aromatic rings. The molecule has 4 nitrogen and oxygen atoms in total. The quantitative estimate of drug-likeness (QED) is 0.675. The van der Waals surface area contributed by atoms with Gasteiger partial charge in [-0.15, -0.1) is 5.10 Å². The molecule has 2 aromatic carbocycles. The lowest BCUT2D eigenvalue weighted by Crippen LogP contribution is -1.98. The first-order valence-electron chi connectivity index (χ1n) is 6.04. The molecule has 0 bridgehead atoms. The zero-order valence-electron chi connectivity index (χ0n) is 10.5. The van der Waals surface area contributed by atoms with Gasteiger partial charge in [-0.1, -0.05) is 58.0 Å². The third-order valence-corrected chi connectivity index (χ3v) is 4.18. The van der Waals surface area contributed by atoms with Gasteiger partial charge in [0, 0.05) is 10.2 Å². The van der Waals surface area contributed by atoms with Crippen LogP contribution in [0.1, 0.15) is 5.56 Å². The van der Waals surface area contributed by atoms with Crippen LogP contribution in [0.3, 0.4) is 0 Å². The van der Waals surface area contributed by atoms with Crippen LogP contribution >= 0.6 is 27.7 Å². The highest BCUT2D eigenvalue weighted by molar-refractivity contribution is 9.10. The minimum absolute atomic E-state index is 0.788. The summed E-state index contributed by atoms with van der Waals surface area (Å²) in [5, 5.41) is 12.7. The Morgan fingerprint density at radius 1 is 1.05 bits per heavy atom. The van der Waals surface area contributed by atoms with Gasteiger partial charge in [0.05, 0.1) is 5.69 Å². The number of benzene rings is 2. The molecule has 6 heteroatoms. The van der Waals surface area contributed by atoms with E-state index in [4.69, 9.17) is 0 Å². The second kappa shape index (κ2) is 6.19. The molecule has 0 atom stereocenters. The molecule has 1 heterocycles. The lowest BCUT2D eigenvalue weighted by atomic mass is 10.2. The summed E-state index contributed by atoms with van der Waals surface area (Å²) in [5.41, 5.74) is 2.20. The number of thioether (sulfide) groups is 1. The fourth-order valence-electron chi connectivity index (χ4n) is 1.77. The molecule has 20 heavy (non-hydrogen) atoms. The molecule has 0 fully saturated rings. The largest absolute Gasteiger partial charge is 0.214 e. The highest BCUT2D eigenvalue weighted by Crippen LogP contribution is 2.23. The second-order valence-electron chi connectivity index (χ2n) is 4.13. The zero-order chi connectivity index (χ0) is 13.8. The summed E-state index contributed by atoms with van der Waals surface area (Å²) in [6, 6.07) is 18.1. The first-order valence-corrected chi connectivity index (χ1v) is 7.82. The van der Waals surface area contributed by atoms with E-state index in [-0.39, 0.29) is 0 Å². The zero-order valence-corrected chi connectivity index (χ0v) is 12.9. The number of nitrogens with zero attached hydrogens (tertiary/aromatic N) is 4. The van der Waals surface area contributed by atoms with Crippen molar-refractivity contribution in [2.75, 3.05) is 0 Å². The van der Waals surface area contributed by atoms with E-state index in [0.717, 1.165) is 21.1 Å². The summed E-state index contributed by atoms with van der Waals surface area (Å²) >= 11 is 5.09. The molecule has 0 saturated heterocycles. The number of aromatic nitrogens is 4. The van der Waals surface area contributed by atoms with Crippen molar-refractivity contribution >= 4 is 27.7 Å². The SMILES string of the molecule is Brc1cccc(CSc2nnnn2-c2ccccc2)c1. The lowest BCUT2D eigenvalue weighted by Gasteiger charge is -2.04. The van der Waals surface area contributed by atoms with Gasteiger partial charge >= 0.3 is 0 Å². The van der Waals surface area contributed by atoms with Gasteiger partial charge in [0.25, 0.3) is 0 Å². The Labute approximate surface area is 129 Å². The van der Waals surface area contributed by atoms with Gasteiger partial charge in [0.2, 0.25) is 5.16 Å². The van der Waals surface area contributed by atoms with Gasteiger partial charge in [-0.25, -0.2) is 0 Å². The minimum atomic E-state index is 0.788. The van der Waals surface area contributed by atoms with Crippen molar-refractivity contribution in [1.82, 2.24) is 20.2 Å². The molecule has 1 aromatic heterocycles. The predicted octanol–water partition coefficient (Wildman–Crippen LogP) is 3.72. The summed E-state index contributed by atoms with van der Waals surface area (Å²) < 4.78 is 2.83. The van der Waals surface area contributed by atoms with E-state index in [1.807, 2.05) is 42.5 Å². The van der Waals surface area contributed by atoms with Crippen LogP contribution in [0.4, 0.5) is 0 Å². The Hall–Kier alpha value is -1.66. The van der Waals surface area contributed by atoms with E-state index in [2.05, 4.69) is 43.6 Å². The number of hydrogen-bond acceptors (Lipinski definition) is 4. The normalized spacial score (nSPS) is 10.7. The molecule has 0 aliphatic carbocycles. The summed E-state index contributed by atoms with van der Waals surface area (Å²) in [4.78, 5) is 0. The molecule has 0 radical (unpaired) electrons. The lowest BCUT2D eigenvalue weighted by molar-refractivity contribution is 0.756. The monoisotopic (exact) mass is 346 g/mol. The average molecular weight is 347 g/mol. The maximum Gasteiger partial charge on any atom is 0.214 e. The summed E-state index contributed by atoms with van der Waals surface area (Å²) in [6.45, 7) is 0. The van der Waals surface area contributed by atoms with Crippen molar-refractivity contribution in [2.24, 2.45) is 0 Å². The van der Waals surface area contributed by atoms with Crippen molar-refractivity contribution < 1.29 is 0 Å². The molecular weight excluding hydrogens is 336 g/mol. The molecule has 0 unspecified atom stereocenters. The standard InChI is InChI=1S/C14H11BrN4S/c15-12-6-4-5-11(9-12)10-20-14-16-17-18-19(14)13-7-2-1-3-8-13/h1-9H,10H2. The van der Waals surface area contributed by atoms with Crippen molar-refractivity contribution in [3.8, 4) is 5.69 Å². The van der Waals surface area contributed by atoms with E-state index in [9.17, 15) is 0 Å². The minimum Gasteiger partial charge on any atom is -0.188 e. The number of para-hydroxylation sites is 1. The molecule has 0 saturated carbocycles. The highest BCUT2D eigenvalue weighted by atomic mass is 79.9. The Morgan fingerprint density at radius 2 is 1.90 bits per heavy atom. The molecule has 0 N–H and O–H groups in total. The van der Waals surface area contributed by atoms with Crippen LogP contribution in [-0.2, 0) is 5.75 Å². The van der Waals surface area contributed by atoms with Gasteiger partial charge in [-0.2, -0.15) is 4.68 Å². The van der Waals surface area contributed by atoms with Crippen LogP contribution < -0.4 is 0 Å². The van der Waals surface area contributed by atoms with Gasteiger partial charge in [0.1, 0.15) is 0 Å². The Balaban J connectivity index is 1.78. The maximum absolute atomic E-state index is 4.08. The first-order chi connectivity index (χ1) is 9.83. The van der Waals surface area contributed by atoms with Crippen molar-refractivity contribution in [2.45, 2.75) is 10.9 Å². The Bertz CT molecular complexity index is 699. The molecular formula is C14H11BrN4S. The molecule has 0 aliphatic rings. The van der Waals surface area contributed by atoms with Gasteiger partial charge < -0.3 is 0 Å². The number of rotatable bonds is 4. The fraction of sp³-hybridized carbons (Fsp3) is 0.0714. The second-order valence-corrected chi connectivity index (χ2v) is 5.99. The molecule has 0 amide bonds. The predicted molar refractivity (Wildman–Crippen MR) is 82.9 cm³/mol. The molecule has 3 rings (SSSR count). The Morgan fingerprint density at radius 3 is 2.70 bits per heavy atom. The Kier molecular flexibility index (Phi) is 4.13. The number of hydrogen-bond donors (Lipinski definition) is 0. The van der Waals surface area contributed by atoms with Crippen molar-refractivity contribution in [3.05, 3.63) is 64.6 Å². The topological polar surface area (TPSA) is 43.6 Å². The molecule has 0 aliphatic heterocycles. The summed E-state index contributed by atoms with van der Waals surface area (Å²) in [5.74, 6) is 0.826. The van der Waals surface area contributed by atoms with Crippen molar-refractivity contribution in [3.63, 3.8) is 0 Å². The van der Waals surface area contributed by atoms with Crippen LogP contribution in [0.15, 0.2) is 64.2 Å².